The number of carbonyl (C=O) groups is 2. The van der Waals surface area contributed by atoms with Gasteiger partial charge < -0.3 is 9.47 Å². The molecular formula is C25H25BrO4. The second-order valence-electron chi connectivity index (χ2n) is 7.30. The lowest BCUT2D eigenvalue weighted by molar-refractivity contribution is -0.0392. The van der Waals surface area contributed by atoms with Crippen molar-refractivity contribution in [1.29, 1.82) is 0 Å². The Kier molecular flexibility index (Phi) is 7.27. The highest BCUT2D eigenvalue weighted by Gasteiger charge is 2.35. The van der Waals surface area contributed by atoms with Crippen molar-refractivity contribution in [2.24, 2.45) is 0 Å². The molecule has 1 saturated carbocycles. The van der Waals surface area contributed by atoms with Gasteiger partial charge >= 0.3 is 11.9 Å². The number of hydrogen-bond donors (Lipinski definition) is 0. The highest BCUT2D eigenvalue weighted by molar-refractivity contribution is 9.10. The van der Waals surface area contributed by atoms with Crippen LogP contribution in [0.1, 0.15) is 53.0 Å². The predicted octanol–water partition coefficient (Wildman–Crippen LogP) is 6.19. The summed E-state index contributed by atoms with van der Waals surface area (Å²) in [7, 11) is 0. The van der Waals surface area contributed by atoms with Gasteiger partial charge in [-0.25, -0.2) is 9.59 Å². The molecule has 2 unspecified atom stereocenters. The SMILES string of the molecule is CC=C1CC(OC(=O)c2ccc(C)cc2)C(OC(=O)c2ccc(Br)cc2)CC1=CC. The van der Waals surface area contributed by atoms with Crippen LogP contribution in [-0.2, 0) is 9.47 Å². The van der Waals surface area contributed by atoms with Crippen molar-refractivity contribution < 1.29 is 19.1 Å². The van der Waals surface area contributed by atoms with Crippen LogP contribution < -0.4 is 0 Å². The van der Waals surface area contributed by atoms with E-state index in [1.54, 1.807) is 36.4 Å². The Hall–Kier alpha value is -2.66. The van der Waals surface area contributed by atoms with Crippen molar-refractivity contribution in [3.63, 3.8) is 0 Å². The molecule has 0 aliphatic heterocycles. The zero-order chi connectivity index (χ0) is 21.7. The molecule has 3 rings (SSSR count). The highest BCUT2D eigenvalue weighted by Crippen LogP contribution is 2.33. The summed E-state index contributed by atoms with van der Waals surface area (Å²) in [5, 5.41) is 0. The highest BCUT2D eigenvalue weighted by atomic mass is 79.9. The van der Waals surface area contributed by atoms with E-state index in [1.165, 1.54) is 0 Å². The van der Waals surface area contributed by atoms with Crippen LogP contribution in [-0.4, -0.2) is 24.1 Å². The zero-order valence-electron chi connectivity index (χ0n) is 17.4. The van der Waals surface area contributed by atoms with Crippen molar-refractivity contribution in [1.82, 2.24) is 0 Å². The van der Waals surface area contributed by atoms with Gasteiger partial charge in [0.25, 0.3) is 0 Å². The fraction of sp³-hybridized carbons (Fsp3) is 0.280. The summed E-state index contributed by atoms with van der Waals surface area (Å²) < 4.78 is 12.5. The second kappa shape index (κ2) is 9.90. The van der Waals surface area contributed by atoms with Crippen LogP contribution in [0.25, 0.3) is 0 Å². The van der Waals surface area contributed by atoms with Crippen molar-refractivity contribution in [2.45, 2.75) is 45.8 Å². The molecule has 2 aromatic rings. The van der Waals surface area contributed by atoms with Crippen LogP contribution in [0.3, 0.4) is 0 Å². The molecule has 4 nitrogen and oxygen atoms in total. The van der Waals surface area contributed by atoms with Crippen molar-refractivity contribution >= 4 is 27.9 Å². The molecule has 0 amide bonds. The van der Waals surface area contributed by atoms with E-state index >= 15 is 0 Å². The smallest absolute Gasteiger partial charge is 0.338 e. The fourth-order valence-electron chi connectivity index (χ4n) is 3.49. The van der Waals surface area contributed by atoms with Gasteiger partial charge in [0.2, 0.25) is 0 Å². The molecule has 0 bridgehead atoms. The molecule has 2 aromatic carbocycles. The average molecular weight is 469 g/mol. The lowest BCUT2D eigenvalue weighted by Crippen LogP contribution is -2.39. The minimum atomic E-state index is -0.551. The van der Waals surface area contributed by atoms with Crippen molar-refractivity contribution in [3.05, 3.63) is 93.0 Å². The molecule has 1 aliphatic rings. The van der Waals surface area contributed by atoms with E-state index in [9.17, 15) is 9.59 Å². The zero-order valence-corrected chi connectivity index (χ0v) is 18.9. The van der Waals surface area contributed by atoms with Crippen LogP contribution in [0, 0.1) is 6.92 Å². The molecule has 0 N–H and O–H groups in total. The summed E-state index contributed by atoms with van der Waals surface area (Å²) in [4.78, 5) is 25.4. The fourth-order valence-corrected chi connectivity index (χ4v) is 3.75. The van der Waals surface area contributed by atoms with Gasteiger partial charge in [-0.05, 0) is 68.3 Å². The first-order valence-electron chi connectivity index (χ1n) is 9.96. The maximum atomic E-state index is 12.7. The van der Waals surface area contributed by atoms with Gasteiger partial charge in [-0.15, -0.1) is 0 Å². The van der Waals surface area contributed by atoms with Gasteiger partial charge in [0.1, 0.15) is 12.2 Å². The molecule has 2 atom stereocenters. The first-order valence-corrected chi connectivity index (χ1v) is 10.8. The van der Waals surface area contributed by atoms with Crippen molar-refractivity contribution in [3.8, 4) is 0 Å². The summed E-state index contributed by atoms with van der Waals surface area (Å²) >= 11 is 3.36. The van der Waals surface area contributed by atoms with E-state index < -0.39 is 24.1 Å². The number of esters is 2. The number of rotatable bonds is 4. The molecule has 1 aliphatic carbocycles. The van der Waals surface area contributed by atoms with Gasteiger partial charge in [-0.2, -0.15) is 0 Å². The molecule has 0 saturated heterocycles. The van der Waals surface area contributed by atoms with E-state index in [2.05, 4.69) is 15.9 Å². The number of hydrogen-bond acceptors (Lipinski definition) is 4. The third kappa shape index (κ3) is 5.28. The number of aryl methyl sites for hydroxylation is 1. The molecule has 5 heteroatoms. The van der Waals surface area contributed by atoms with Gasteiger partial charge in [0.15, 0.2) is 0 Å². The van der Waals surface area contributed by atoms with Crippen LogP contribution in [0.5, 0.6) is 0 Å². The Labute approximate surface area is 185 Å². The molecular weight excluding hydrogens is 444 g/mol. The summed E-state index contributed by atoms with van der Waals surface area (Å²) in [6.45, 7) is 5.89. The van der Waals surface area contributed by atoms with E-state index in [1.807, 2.05) is 45.1 Å². The maximum Gasteiger partial charge on any atom is 0.338 e. The number of allylic oxidation sites excluding steroid dienone is 2. The Morgan fingerprint density at radius 1 is 0.800 bits per heavy atom. The molecule has 0 spiro atoms. The summed E-state index contributed by atoms with van der Waals surface area (Å²) in [5.41, 5.74) is 4.22. The van der Waals surface area contributed by atoms with Gasteiger partial charge in [-0.1, -0.05) is 45.8 Å². The predicted molar refractivity (Wildman–Crippen MR) is 120 cm³/mol. The standard InChI is InChI=1S/C25H25BrO4/c1-4-17-14-22(29-24(27)19-8-6-16(3)7-9-19)23(15-18(17)5-2)30-25(28)20-10-12-21(26)13-11-20/h4-13,22-23H,14-15H2,1-3H3. The minimum absolute atomic E-state index is 0.413. The largest absolute Gasteiger partial charge is 0.454 e. The van der Waals surface area contributed by atoms with E-state index in [4.69, 9.17) is 9.47 Å². The van der Waals surface area contributed by atoms with Gasteiger partial charge in [-0.3, -0.25) is 0 Å². The second-order valence-corrected chi connectivity index (χ2v) is 8.21. The van der Waals surface area contributed by atoms with Crippen LogP contribution in [0.4, 0.5) is 0 Å². The summed E-state index contributed by atoms with van der Waals surface area (Å²) in [6.07, 6.45) is 3.96. The summed E-state index contributed by atoms with van der Waals surface area (Å²) in [6, 6.07) is 14.2. The van der Waals surface area contributed by atoms with E-state index in [-0.39, 0.29) is 0 Å². The Balaban J connectivity index is 1.80. The minimum Gasteiger partial charge on any atom is -0.454 e. The molecule has 156 valence electrons. The molecule has 1 fully saturated rings. The average Bonchev–Trinajstić information content (AvgIpc) is 2.75. The lowest BCUT2D eigenvalue weighted by atomic mass is 9.85. The number of ether oxygens (including phenoxy) is 2. The monoisotopic (exact) mass is 468 g/mol. The first-order chi connectivity index (χ1) is 14.4. The Morgan fingerprint density at radius 3 is 1.60 bits per heavy atom. The third-order valence-corrected chi connectivity index (χ3v) is 5.78. The van der Waals surface area contributed by atoms with Gasteiger partial charge in [0.05, 0.1) is 11.1 Å². The number of carbonyl (C=O) groups excluding carboxylic acids is 2. The Morgan fingerprint density at radius 2 is 1.20 bits per heavy atom. The quantitative estimate of drug-likeness (QED) is 0.501. The van der Waals surface area contributed by atoms with Crippen LogP contribution in [0.2, 0.25) is 0 Å². The lowest BCUT2D eigenvalue weighted by Gasteiger charge is -2.34. The van der Waals surface area contributed by atoms with E-state index in [0.29, 0.717) is 24.0 Å². The maximum absolute atomic E-state index is 12.7. The van der Waals surface area contributed by atoms with Crippen LogP contribution in [0.15, 0.2) is 76.3 Å². The topological polar surface area (TPSA) is 52.6 Å². The number of halogens is 1. The summed E-state index contributed by atoms with van der Waals surface area (Å²) in [5.74, 6) is -0.840. The first kappa shape index (κ1) is 22.0. The number of benzene rings is 2. The normalized spacial score (nSPS) is 21.5. The van der Waals surface area contributed by atoms with Crippen molar-refractivity contribution in [2.75, 3.05) is 0 Å². The molecule has 0 aromatic heterocycles. The van der Waals surface area contributed by atoms with E-state index in [0.717, 1.165) is 21.2 Å². The Bertz CT molecular complexity index is 890. The van der Waals surface area contributed by atoms with Gasteiger partial charge in [0, 0.05) is 17.3 Å². The molecule has 0 heterocycles. The molecule has 0 radical (unpaired) electrons. The third-order valence-electron chi connectivity index (χ3n) is 5.25. The molecule has 30 heavy (non-hydrogen) atoms. The van der Waals surface area contributed by atoms with Crippen LogP contribution >= 0.6 is 15.9 Å².